The Morgan fingerprint density at radius 3 is 2.32 bits per heavy atom. The highest BCUT2D eigenvalue weighted by atomic mass is 16.3. The molecule has 2 aromatic carbocycles. The third kappa shape index (κ3) is 2.94. The molecule has 0 amide bonds. The van der Waals surface area contributed by atoms with Crippen molar-refractivity contribution in [2.45, 2.75) is 13.8 Å². The highest BCUT2D eigenvalue weighted by Crippen LogP contribution is 2.28. The standard InChI is InChI=1S/C20H20N2O3/c1-13-6-5-7-14(2)18(13)22-19(24)16-9-4-3-8-15(16)17(20(22)25)12-21-10-11-23/h3-9,12,23,25H,10-11H2,1-2H3. The minimum absolute atomic E-state index is 0.0776. The maximum atomic E-state index is 13.1. The second kappa shape index (κ2) is 6.91. The Kier molecular flexibility index (Phi) is 4.67. The first-order chi connectivity index (χ1) is 12.1. The Morgan fingerprint density at radius 2 is 1.68 bits per heavy atom. The number of aryl methyl sites for hydroxylation is 2. The van der Waals surface area contributed by atoms with Crippen LogP contribution in [0.4, 0.5) is 0 Å². The van der Waals surface area contributed by atoms with Gasteiger partial charge in [0, 0.05) is 17.0 Å². The van der Waals surface area contributed by atoms with Crippen LogP contribution in [0.5, 0.6) is 5.88 Å². The summed E-state index contributed by atoms with van der Waals surface area (Å²) in [6, 6.07) is 12.9. The van der Waals surface area contributed by atoms with Gasteiger partial charge in [-0.15, -0.1) is 0 Å². The Morgan fingerprint density at radius 1 is 1.04 bits per heavy atom. The second-order valence-electron chi connectivity index (χ2n) is 5.92. The topological polar surface area (TPSA) is 74.8 Å². The number of hydrogen-bond donors (Lipinski definition) is 2. The van der Waals surface area contributed by atoms with E-state index in [1.54, 1.807) is 18.2 Å². The minimum Gasteiger partial charge on any atom is -0.494 e. The zero-order valence-corrected chi connectivity index (χ0v) is 14.2. The van der Waals surface area contributed by atoms with Crippen LogP contribution in [0, 0.1) is 13.8 Å². The molecule has 3 rings (SSSR count). The first kappa shape index (κ1) is 16.9. The van der Waals surface area contributed by atoms with Gasteiger partial charge in [-0.3, -0.25) is 9.79 Å². The molecule has 0 spiro atoms. The number of aromatic nitrogens is 1. The number of rotatable bonds is 4. The van der Waals surface area contributed by atoms with Crippen LogP contribution in [0.15, 0.2) is 52.3 Å². The molecule has 0 saturated carbocycles. The summed E-state index contributed by atoms with van der Waals surface area (Å²) < 4.78 is 1.34. The van der Waals surface area contributed by atoms with Crippen molar-refractivity contribution in [3.8, 4) is 11.6 Å². The molecule has 0 aliphatic rings. The van der Waals surface area contributed by atoms with Gasteiger partial charge in [-0.1, -0.05) is 36.4 Å². The van der Waals surface area contributed by atoms with Crippen molar-refractivity contribution in [1.29, 1.82) is 0 Å². The maximum Gasteiger partial charge on any atom is 0.265 e. The lowest BCUT2D eigenvalue weighted by Gasteiger charge is -2.17. The average molecular weight is 336 g/mol. The SMILES string of the molecule is Cc1cccc(C)c1-n1c(O)c(C=NCCO)c2ccccc2c1=O. The Hall–Kier alpha value is -2.92. The molecule has 0 atom stereocenters. The molecule has 3 aromatic rings. The number of hydrogen-bond acceptors (Lipinski definition) is 4. The van der Waals surface area contributed by atoms with E-state index in [0.29, 0.717) is 22.0 Å². The van der Waals surface area contributed by atoms with Gasteiger partial charge >= 0.3 is 0 Å². The number of para-hydroxylation sites is 1. The third-order valence-corrected chi connectivity index (χ3v) is 4.22. The van der Waals surface area contributed by atoms with Gasteiger partial charge in [-0.25, -0.2) is 4.57 Å². The van der Waals surface area contributed by atoms with Gasteiger partial charge < -0.3 is 10.2 Å². The van der Waals surface area contributed by atoms with Crippen molar-refractivity contribution in [2.24, 2.45) is 4.99 Å². The van der Waals surface area contributed by atoms with Crippen LogP contribution in [-0.2, 0) is 0 Å². The fourth-order valence-electron chi connectivity index (χ4n) is 3.07. The number of fused-ring (bicyclic) bond motifs is 1. The number of nitrogens with zero attached hydrogens (tertiary/aromatic N) is 2. The lowest BCUT2D eigenvalue weighted by Crippen LogP contribution is -2.21. The van der Waals surface area contributed by atoms with Crippen molar-refractivity contribution in [1.82, 2.24) is 4.57 Å². The fourth-order valence-corrected chi connectivity index (χ4v) is 3.07. The summed E-state index contributed by atoms with van der Waals surface area (Å²) in [5, 5.41) is 21.0. The first-order valence-electron chi connectivity index (χ1n) is 8.10. The van der Waals surface area contributed by atoms with E-state index in [1.807, 2.05) is 38.1 Å². The van der Waals surface area contributed by atoms with Gasteiger partial charge in [0.05, 0.1) is 24.4 Å². The molecule has 0 aliphatic heterocycles. The molecule has 5 nitrogen and oxygen atoms in total. The lowest BCUT2D eigenvalue weighted by atomic mass is 10.0. The normalized spacial score (nSPS) is 11.5. The predicted molar refractivity (Wildman–Crippen MR) is 100 cm³/mol. The zero-order valence-electron chi connectivity index (χ0n) is 14.2. The summed E-state index contributed by atoms with van der Waals surface area (Å²) in [5.41, 5.74) is 2.65. The number of benzene rings is 2. The van der Waals surface area contributed by atoms with Crippen LogP contribution in [0.25, 0.3) is 16.5 Å². The summed E-state index contributed by atoms with van der Waals surface area (Å²) >= 11 is 0. The summed E-state index contributed by atoms with van der Waals surface area (Å²) in [5.74, 6) is -0.150. The summed E-state index contributed by atoms with van der Waals surface area (Å²) in [7, 11) is 0. The molecule has 5 heteroatoms. The van der Waals surface area contributed by atoms with Gasteiger partial charge in [0.15, 0.2) is 0 Å². The molecular formula is C20H20N2O3. The molecule has 2 N–H and O–H groups in total. The molecule has 25 heavy (non-hydrogen) atoms. The highest BCUT2D eigenvalue weighted by molar-refractivity contribution is 6.01. The van der Waals surface area contributed by atoms with E-state index in [2.05, 4.69) is 4.99 Å². The van der Waals surface area contributed by atoms with Crippen LogP contribution >= 0.6 is 0 Å². The van der Waals surface area contributed by atoms with Crippen LogP contribution in [0.1, 0.15) is 16.7 Å². The Labute approximate surface area is 145 Å². The van der Waals surface area contributed by atoms with Crippen LogP contribution in [0.3, 0.4) is 0 Å². The van der Waals surface area contributed by atoms with Gasteiger partial charge in [-0.2, -0.15) is 0 Å². The van der Waals surface area contributed by atoms with E-state index < -0.39 is 0 Å². The van der Waals surface area contributed by atoms with Gasteiger partial charge in [0.25, 0.3) is 5.56 Å². The fraction of sp³-hybridized carbons (Fsp3) is 0.200. The molecule has 0 radical (unpaired) electrons. The van der Waals surface area contributed by atoms with Crippen LogP contribution in [0.2, 0.25) is 0 Å². The third-order valence-electron chi connectivity index (χ3n) is 4.22. The van der Waals surface area contributed by atoms with Crippen molar-refractivity contribution in [3.63, 3.8) is 0 Å². The highest BCUT2D eigenvalue weighted by Gasteiger charge is 2.18. The van der Waals surface area contributed by atoms with E-state index in [1.165, 1.54) is 10.8 Å². The van der Waals surface area contributed by atoms with E-state index in [-0.39, 0.29) is 24.6 Å². The van der Waals surface area contributed by atoms with E-state index >= 15 is 0 Å². The minimum atomic E-state index is -0.273. The summed E-state index contributed by atoms with van der Waals surface area (Å²) in [6.07, 6.45) is 1.51. The molecule has 128 valence electrons. The van der Waals surface area contributed by atoms with Crippen molar-refractivity contribution in [3.05, 3.63) is 69.5 Å². The predicted octanol–water partition coefficient (Wildman–Crippen LogP) is 2.72. The van der Waals surface area contributed by atoms with Gasteiger partial charge in [0.1, 0.15) is 0 Å². The van der Waals surface area contributed by atoms with Crippen molar-refractivity contribution >= 4 is 17.0 Å². The van der Waals surface area contributed by atoms with E-state index in [9.17, 15) is 9.90 Å². The van der Waals surface area contributed by atoms with E-state index in [0.717, 1.165) is 11.1 Å². The van der Waals surface area contributed by atoms with Crippen LogP contribution in [-0.4, -0.2) is 34.1 Å². The average Bonchev–Trinajstić information content (AvgIpc) is 2.60. The number of aliphatic hydroxyl groups excluding tert-OH is 1. The number of pyridine rings is 1. The zero-order chi connectivity index (χ0) is 18.0. The molecule has 0 saturated heterocycles. The molecule has 0 aliphatic carbocycles. The quantitative estimate of drug-likeness (QED) is 0.719. The van der Waals surface area contributed by atoms with Crippen molar-refractivity contribution < 1.29 is 10.2 Å². The Bertz CT molecular complexity index is 999. The summed E-state index contributed by atoms with van der Waals surface area (Å²) in [6.45, 7) is 3.97. The molecule has 1 aromatic heterocycles. The molecular weight excluding hydrogens is 316 g/mol. The van der Waals surface area contributed by atoms with E-state index in [4.69, 9.17) is 5.11 Å². The largest absolute Gasteiger partial charge is 0.494 e. The number of aromatic hydroxyl groups is 1. The number of aliphatic imine (C=N–C) groups is 1. The van der Waals surface area contributed by atoms with Gasteiger partial charge in [0.2, 0.25) is 5.88 Å². The molecule has 1 heterocycles. The number of aliphatic hydroxyl groups is 1. The maximum absolute atomic E-state index is 13.1. The Balaban J connectivity index is 2.43. The van der Waals surface area contributed by atoms with Crippen LogP contribution < -0.4 is 5.56 Å². The lowest BCUT2D eigenvalue weighted by molar-refractivity contribution is 0.307. The molecule has 0 fully saturated rings. The second-order valence-corrected chi connectivity index (χ2v) is 5.92. The molecule has 0 unspecified atom stereocenters. The first-order valence-corrected chi connectivity index (χ1v) is 8.10. The summed E-state index contributed by atoms with van der Waals surface area (Å²) in [4.78, 5) is 17.2. The molecule has 0 bridgehead atoms. The van der Waals surface area contributed by atoms with Crippen molar-refractivity contribution in [2.75, 3.05) is 13.2 Å². The monoisotopic (exact) mass is 336 g/mol. The van der Waals surface area contributed by atoms with Gasteiger partial charge in [-0.05, 0) is 31.0 Å². The smallest absolute Gasteiger partial charge is 0.265 e.